The van der Waals surface area contributed by atoms with Gasteiger partial charge in [-0.3, -0.25) is 5.32 Å². The Balaban J connectivity index is 2.25. The quantitative estimate of drug-likeness (QED) is 0.730. The topological polar surface area (TPSA) is 30.5 Å². The van der Waals surface area contributed by atoms with Gasteiger partial charge in [-0.2, -0.15) is 0 Å². The van der Waals surface area contributed by atoms with Crippen molar-refractivity contribution in [3.63, 3.8) is 0 Å². The molecule has 2 heterocycles. The Morgan fingerprint density at radius 3 is 2.79 bits per heavy atom. The molecule has 0 radical (unpaired) electrons. The van der Waals surface area contributed by atoms with E-state index in [1.807, 2.05) is 6.08 Å². The van der Waals surface area contributed by atoms with Crippen LogP contribution in [0.25, 0.3) is 0 Å². The summed E-state index contributed by atoms with van der Waals surface area (Å²) in [6.07, 6.45) is 7.67. The fourth-order valence-corrected chi connectivity index (χ4v) is 4.29. The van der Waals surface area contributed by atoms with Gasteiger partial charge in [0.25, 0.3) is 0 Å². The molecule has 5 heteroatoms. The van der Waals surface area contributed by atoms with Gasteiger partial charge in [0.2, 0.25) is 0 Å². The van der Waals surface area contributed by atoms with Crippen LogP contribution in [0.4, 0.5) is 4.39 Å². The Bertz CT molecular complexity index is 502. The maximum Gasteiger partial charge on any atom is 0.116 e. The molecule has 0 aromatic carbocycles. The van der Waals surface area contributed by atoms with Crippen molar-refractivity contribution in [2.45, 2.75) is 58.3 Å². The Labute approximate surface area is 146 Å². The molecule has 136 valence electrons. The van der Waals surface area contributed by atoms with Crippen molar-refractivity contribution in [1.82, 2.24) is 20.4 Å². The third-order valence-corrected chi connectivity index (χ3v) is 5.49. The molecule has 2 aliphatic heterocycles. The van der Waals surface area contributed by atoms with E-state index < -0.39 is 5.83 Å². The lowest BCUT2D eigenvalue weighted by atomic mass is 9.80. The van der Waals surface area contributed by atoms with Gasteiger partial charge in [0.15, 0.2) is 0 Å². The molecule has 0 aromatic rings. The van der Waals surface area contributed by atoms with Crippen molar-refractivity contribution in [1.29, 1.82) is 0 Å². The van der Waals surface area contributed by atoms with E-state index in [1.165, 1.54) is 6.08 Å². The third-order valence-electron chi connectivity index (χ3n) is 5.49. The summed E-state index contributed by atoms with van der Waals surface area (Å²) in [6, 6.07) is 0.557. The average Bonchev–Trinajstić information content (AvgIpc) is 2.85. The van der Waals surface area contributed by atoms with Crippen molar-refractivity contribution in [3.05, 3.63) is 36.3 Å². The predicted molar refractivity (Wildman–Crippen MR) is 99.1 cm³/mol. The molecule has 2 rings (SSSR count). The van der Waals surface area contributed by atoms with Crippen LogP contribution in [0, 0.1) is 0 Å². The Hall–Kier alpha value is -1.17. The summed E-state index contributed by atoms with van der Waals surface area (Å²) < 4.78 is 12.8. The van der Waals surface area contributed by atoms with Crippen molar-refractivity contribution < 1.29 is 4.39 Å². The molecule has 2 N–H and O–H groups in total. The van der Waals surface area contributed by atoms with Crippen molar-refractivity contribution in [2.24, 2.45) is 0 Å². The largest absolute Gasteiger partial charge is 0.354 e. The number of hydrogen-bond acceptors (Lipinski definition) is 4. The number of likely N-dealkylation sites (N-methyl/N-ethyl adjacent to an activating group) is 1. The summed E-state index contributed by atoms with van der Waals surface area (Å²) in [5, 5.41) is 7.27. The van der Waals surface area contributed by atoms with Gasteiger partial charge in [-0.1, -0.05) is 26.5 Å². The van der Waals surface area contributed by atoms with Crippen LogP contribution in [0.5, 0.6) is 0 Å². The minimum Gasteiger partial charge on any atom is -0.354 e. The second-order valence-corrected chi connectivity index (χ2v) is 6.93. The number of nitrogens with zero attached hydrogens (tertiary/aromatic N) is 2. The minimum atomic E-state index is -0.413. The molecule has 2 fully saturated rings. The van der Waals surface area contributed by atoms with E-state index in [0.717, 1.165) is 44.8 Å². The van der Waals surface area contributed by atoms with Crippen LogP contribution in [0.3, 0.4) is 0 Å². The molecule has 2 saturated heterocycles. The molecular weight excluding hydrogens is 303 g/mol. The van der Waals surface area contributed by atoms with E-state index in [1.54, 1.807) is 6.08 Å². The molecule has 0 aliphatic carbocycles. The van der Waals surface area contributed by atoms with Crippen molar-refractivity contribution in [3.8, 4) is 0 Å². The molecule has 3 atom stereocenters. The van der Waals surface area contributed by atoms with Crippen LogP contribution in [0.1, 0.15) is 40.5 Å². The van der Waals surface area contributed by atoms with E-state index in [-0.39, 0.29) is 11.7 Å². The number of nitrogens with one attached hydrogen (secondary N) is 2. The first-order chi connectivity index (χ1) is 11.4. The number of hydrogen-bond donors (Lipinski definition) is 2. The van der Waals surface area contributed by atoms with Gasteiger partial charge < -0.3 is 15.1 Å². The van der Waals surface area contributed by atoms with Gasteiger partial charge in [0.05, 0.1) is 18.4 Å². The highest BCUT2D eigenvalue weighted by Gasteiger charge is 2.51. The molecule has 0 aromatic heterocycles. The molecule has 0 amide bonds. The summed E-state index contributed by atoms with van der Waals surface area (Å²) in [5.41, 5.74) is 1.24. The zero-order chi connectivity index (χ0) is 17.7. The number of rotatable bonds is 6. The van der Waals surface area contributed by atoms with Crippen molar-refractivity contribution in [2.75, 3.05) is 26.3 Å². The zero-order valence-corrected chi connectivity index (χ0v) is 15.6. The van der Waals surface area contributed by atoms with Crippen LogP contribution in [0.15, 0.2) is 36.3 Å². The molecule has 2 aliphatic rings. The molecule has 4 nitrogen and oxygen atoms in total. The van der Waals surface area contributed by atoms with Gasteiger partial charge >= 0.3 is 0 Å². The molecule has 0 bridgehead atoms. The SMILES string of the molecule is C=C(F)/C=C\C=C(/C)N1CNC(NCC)C12CCN(CC)C(C)C2. The molecular formula is C19H33FN4. The van der Waals surface area contributed by atoms with Crippen LogP contribution in [-0.4, -0.2) is 53.8 Å². The monoisotopic (exact) mass is 336 g/mol. The van der Waals surface area contributed by atoms with E-state index in [4.69, 9.17) is 0 Å². The lowest BCUT2D eigenvalue weighted by Crippen LogP contribution is -2.63. The number of halogens is 1. The molecule has 3 unspecified atom stereocenters. The van der Waals surface area contributed by atoms with E-state index in [2.05, 4.69) is 54.7 Å². The number of allylic oxidation sites excluding steroid dienone is 5. The lowest BCUT2D eigenvalue weighted by molar-refractivity contribution is 0.0270. The van der Waals surface area contributed by atoms with Crippen LogP contribution in [0.2, 0.25) is 0 Å². The molecule has 1 spiro atoms. The summed E-state index contributed by atoms with van der Waals surface area (Å²) in [6.45, 7) is 16.1. The smallest absolute Gasteiger partial charge is 0.116 e. The van der Waals surface area contributed by atoms with Gasteiger partial charge in [-0.25, -0.2) is 4.39 Å². The van der Waals surface area contributed by atoms with E-state index >= 15 is 0 Å². The Morgan fingerprint density at radius 2 is 2.21 bits per heavy atom. The summed E-state index contributed by atoms with van der Waals surface area (Å²) in [5.74, 6) is -0.413. The Morgan fingerprint density at radius 1 is 1.46 bits per heavy atom. The van der Waals surface area contributed by atoms with Crippen molar-refractivity contribution >= 4 is 0 Å². The van der Waals surface area contributed by atoms with Crippen LogP contribution < -0.4 is 10.6 Å². The second-order valence-electron chi connectivity index (χ2n) is 6.93. The highest BCUT2D eigenvalue weighted by atomic mass is 19.1. The van der Waals surface area contributed by atoms with Gasteiger partial charge in [0, 0.05) is 18.3 Å². The van der Waals surface area contributed by atoms with Gasteiger partial charge in [0.1, 0.15) is 5.83 Å². The highest BCUT2D eigenvalue weighted by Crippen LogP contribution is 2.39. The highest BCUT2D eigenvalue weighted by molar-refractivity contribution is 5.21. The molecule has 0 saturated carbocycles. The Kier molecular flexibility index (Phi) is 6.61. The normalized spacial score (nSPS) is 32.2. The first kappa shape index (κ1) is 19.2. The second kappa shape index (κ2) is 8.28. The van der Waals surface area contributed by atoms with E-state index in [9.17, 15) is 4.39 Å². The number of likely N-dealkylation sites (tertiary alicyclic amines) is 1. The third kappa shape index (κ3) is 3.90. The maximum absolute atomic E-state index is 12.8. The van der Waals surface area contributed by atoms with Gasteiger partial charge in [-0.15, -0.1) is 0 Å². The number of piperidine rings is 1. The fraction of sp³-hybridized carbons (Fsp3) is 0.684. The summed E-state index contributed by atoms with van der Waals surface area (Å²) in [4.78, 5) is 5.02. The first-order valence-electron chi connectivity index (χ1n) is 9.12. The first-order valence-corrected chi connectivity index (χ1v) is 9.12. The zero-order valence-electron chi connectivity index (χ0n) is 15.6. The fourth-order valence-electron chi connectivity index (χ4n) is 4.29. The molecule has 24 heavy (non-hydrogen) atoms. The average molecular weight is 336 g/mol. The lowest BCUT2D eigenvalue weighted by Gasteiger charge is -2.51. The predicted octanol–water partition coefficient (Wildman–Crippen LogP) is 2.97. The van der Waals surface area contributed by atoms with Crippen LogP contribution >= 0.6 is 0 Å². The van der Waals surface area contributed by atoms with E-state index in [0.29, 0.717) is 6.04 Å². The van der Waals surface area contributed by atoms with Crippen LogP contribution in [-0.2, 0) is 0 Å². The van der Waals surface area contributed by atoms with Gasteiger partial charge in [-0.05, 0) is 51.9 Å². The summed E-state index contributed by atoms with van der Waals surface area (Å²) >= 11 is 0. The minimum absolute atomic E-state index is 0.0717. The summed E-state index contributed by atoms with van der Waals surface area (Å²) in [7, 11) is 0. The maximum atomic E-state index is 12.8. The standard InChI is InChI=1S/C19H33FN4/c1-6-21-18-19(11-12-23(7-2)17(5)13-19)24(14-22-18)16(4)10-8-9-15(3)20/h8-10,17-18,21-22H,3,6-7,11-14H2,1-2,4-5H3/b9-8-,16-10+.